The second-order valence-corrected chi connectivity index (χ2v) is 4.53. The third-order valence-electron chi connectivity index (χ3n) is 2.57. The first kappa shape index (κ1) is 13.0. The van der Waals surface area contributed by atoms with Crippen LogP contribution in [0.25, 0.3) is 0 Å². The molecule has 4 heteroatoms. The molecule has 2 N–H and O–H groups in total. The van der Waals surface area contributed by atoms with E-state index >= 15 is 0 Å². The van der Waals surface area contributed by atoms with Crippen molar-refractivity contribution >= 4 is 11.6 Å². The van der Waals surface area contributed by atoms with E-state index in [2.05, 4.69) is 6.07 Å². The minimum absolute atomic E-state index is 0.0679. The predicted octanol–water partition coefficient (Wildman–Crippen LogP) is 3.27. The van der Waals surface area contributed by atoms with Crippen LogP contribution in [-0.4, -0.2) is 0 Å². The van der Waals surface area contributed by atoms with E-state index in [1.807, 2.05) is 13.8 Å². The van der Waals surface area contributed by atoms with Crippen LogP contribution in [0.4, 0.5) is 4.39 Å². The van der Waals surface area contributed by atoms with Gasteiger partial charge in [0.05, 0.1) is 12.0 Å². The largest absolute Gasteiger partial charge is 0.323 e. The Hall–Kier alpha value is -1.11. The maximum Gasteiger partial charge on any atom is 0.128 e. The summed E-state index contributed by atoms with van der Waals surface area (Å²) in [5.41, 5.74) is 6.20. The molecule has 0 fully saturated rings. The molecule has 0 radical (unpaired) electrons. The topological polar surface area (TPSA) is 49.8 Å². The highest BCUT2D eigenvalue weighted by Crippen LogP contribution is 2.28. The summed E-state index contributed by atoms with van der Waals surface area (Å²) in [6.07, 6.45) is 0. The first-order chi connectivity index (χ1) is 7.47. The van der Waals surface area contributed by atoms with E-state index < -0.39 is 17.8 Å². The van der Waals surface area contributed by atoms with Crippen LogP contribution in [0.3, 0.4) is 0 Å². The quantitative estimate of drug-likeness (QED) is 0.882. The summed E-state index contributed by atoms with van der Waals surface area (Å²) in [5.74, 6) is -0.774. The van der Waals surface area contributed by atoms with Gasteiger partial charge in [-0.2, -0.15) is 5.26 Å². The summed E-state index contributed by atoms with van der Waals surface area (Å²) in [6.45, 7) is 3.77. The Morgan fingerprint density at radius 2 is 2.06 bits per heavy atom. The lowest BCUT2D eigenvalue weighted by Crippen LogP contribution is -2.25. The molecule has 2 unspecified atom stereocenters. The Kier molecular flexibility index (Phi) is 4.28. The molecule has 0 saturated carbocycles. The third kappa shape index (κ3) is 2.72. The second-order valence-electron chi connectivity index (χ2n) is 4.09. The highest BCUT2D eigenvalue weighted by molar-refractivity contribution is 6.30. The van der Waals surface area contributed by atoms with Crippen LogP contribution in [0.2, 0.25) is 5.02 Å². The normalized spacial score (nSPS) is 14.6. The van der Waals surface area contributed by atoms with Crippen molar-refractivity contribution in [2.45, 2.75) is 19.9 Å². The molecule has 0 bridgehead atoms. The number of nitriles is 1. The molecule has 0 heterocycles. The molecular formula is C12H14ClFN2. The molecule has 0 aliphatic rings. The summed E-state index contributed by atoms with van der Waals surface area (Å²) in [6, 6.07) is 5.68. The summed E-state index contributed by atoms with van der Waals surface area (Å²) in [4.78, 5) is 0. The third-order valence-corrected chi connectivity index (χ3v) is 2.81. The number of rotatable bonds is 3. The molecular weight excluding hydrogens is 227 g/mol. The van der Waals surface area contributed by atoms with Crippen molar-refractivity contribution in [3.63, 3.8) is 0 Å². The molecule has 0 aliphatic heterocycles. The van der Waals surface area contributed by atoms with Crippen LogP contribution in [0.5, 0.6) is 0 Å². The van der Waals surface area contributed by atoms with E-state index in [1.165, 1.54) is 18.2 Å². The summed E-state index contributed by atoms with van der Waals surface area (Å²) < 4.78 is 13.5. The van der Waals surface area contributed by atoms with Crippen LogP contribution in [0.1, 0.15) is 25.5 Å². The summed E-state index contributed by atoms with van der Waals surface area (Å²) >= 11 is 5.78. The van der Waals surface area contributed by atoms with Gasteiger partial charge in [0.25, 0.3) is 0 Å². The SMILES string of the molecule is CC(C)C(C#N)C(N)c1cc(Cl)ccc1F. The fourth-order valence-electron chi connectivity index (χ4n) is 1.61. The van der Waals surface area contributed by atoms with Gasteiger partial charge in [0.2, 0.25) is 0 Å². The fourth-order valence-corrected chi connectivity index (χ4v) is 1.79. The van der Waals surface area contributed by atoms with Gasteiger partial charge in [-0.3, -0.25) is 0 Å². The Balaban J connectivity index is 3.08. The molecule has 0 spiro atoms. The van der Waals surface area contributed by atoms with Crippen LogP contribution in [0.15, 0.2) is 18.2 Å². The van der Waals surface area contributed by atoms with Gasteiger partial charge >= 0.3 is 0 Å². The van der Waals surface area contributed by atoms with Crippen molar-refractivity contribution < 1.29 is 4.39 Å². The van der Waals surface area contributed by atoms with E-state index in [4.69, 9.17) is 22.6 Å². The van der Waals surface area contributed by atoms with E-state index in [0.29, 0.717) is 10.6 Å². The van der Waals surface area contributed by atoms with Gasteiger partial charge in [-0.15, -0.1) is 0 Å². The highest BCUT2D eigenvalue weighted by atomic mass is 35.5. The lowest BCUT2D eigenvalue weighted by Gasteiger charge is -2.21. The van der Waals surface area contributed by atoms with Crippen LogP contribution < -0.4 is 5.73 Å². The maximum atomic E-state index is 13.5. The van der Waals surface area contributed by atoms with Gasteiger partial charge in [0, 0.05) is 16.6 Å². The molecule has 0 aromatic heterocycles. The molecule has 0 aliphatic carbocycles. The van der Waals surface area contributed by atoms with E-state index in [1.54, 1.807) is 0 Å². The predicted molar refractivity (Wildman–Crippen MR) is 62.3 cm³/mol. The van der Waals surface area contributed by atoms with Gasteiger partial charge in [-0.1, -0.05) is 25.4 Å². The molecule has 2 nitrogen and oxygen atoms in total. The van der Waals surface area contributed by atoms with Gasteiger partial charge in [-0.05, 0) is 24.1 Å². The Bertz CT molecular complexity index is 412. The zero-order valence-electron chi connectivity index (χ0n) is 9.24. The monoisotopic (exact) mass is 240 g/mol. The Labute approximate surface area is 99.8 Å². The van der Waals surface area contributed by atoms with Crippen LogP contribution in [0, 0.1) is 29.0 Å². The van der Waals surface area contributed by atoms with Crippen molar-refractivity contribution in [2.75, 3.05) is 0 Å². The van der Waals surface area contributed by atoms with Crippen molar-refractivity contribution in [3.8, 4) is 6.07 Å². The van der Waals surface area contributed by atoms with Gasteiger partial charge in [-0.25, -0.2) is 4.39 Å². The second kappa shape index (κ2) is 5.29. The van der Waals surface area contributed by atoms with E-state index in [-0.39, 0.29) is 5.92 Å². The lowest BCUT2D eigenvalue weighted by atomic mass is 9.86. The molecule has 1 rings (SSSR count). The average molecular weight is 241 g/mol. The smallest absolute Gasteiger partial charge is 0.128 e. The van der Waals surface area contributed by atoms with E-state index in [0.717, 1.165) is 0 Å². The van der Waals surface area contributed by atoms with Crippen LogP contribution in [-0.2, 0) is 0 Å². The highest BCUT2D eigenvalue weighted by Gasteiger charge is 2.24. The molecule has 0 saturated heterocycles. The Morgan fingerprint density at radius 1 is 1.44 bits per heavy atom. The maximum absolute atomic E-state index is 13.5. The number of halogens is 2. The van der Waals surface area contributed by atoms with Gasteiger partial charge < -0.3 is 5.73 Å². The summed E-state index contributed by atoms with van der Waals surface area (Å²) in [5, 5.41) is 9.43. The molecule has 86 valence electrons. The molecule has 16 heavy (non-hydrogen) atoms. The van der Waals surface area contributed by atoms with Gasteiger partial charge in [0.15, 0.2) is 0 Å². The van der Waals surface area contributed by atoms with Crippen LogP contribution >= 0.6 is 11.6 Å². The van der Waals surface area contributed by atoms with Crippen molar-refractivity contribution in [1.29, 1.82) is 5.26 Å². The number of hydrogen-bond acceptors (Lipinski definition) is 2. The number of hydrogen-bond donors (Lipinski definition) is 1. The lowest BCUT2D eigenvalue weighted by molar-refractivity contribution is 0.394. The zero-order valence-corrected chi connectivity index (χ0v) is 10.0. The van der Waals surface area contributed by atoms with Crippen molar-refractivity contribution in [2.24, 2.45) is 17.6 Å². The molecule has 1 aromatic carbocycles. The minimum Gasteiger partial charge on any atom is -0.323 e. The van der Waals surface area contributed by atoms with Gasteiger partial charge in [0.1, 0.15) is 5.82 Å². The standard InChI is InChI=1S/C12H14ClFN2/c1-7(2)10(6-15)12(16)9-5-8(13)3-4-11(9)14/h3-5,7,10,12H,16H2,1-2H3. The molecule has 0 amide bonds. The fraction of sp³-hybridized carbons (Fsp3) is 0.417. The number of nitrogens with zero attached hydrogens (tertiary/aromatic N) is 1. The first-order valence-corrected chi connectivity index (χ1v) is 5.45. The zero-order chi connectivity index (χ0) is 12.3. The minimum atomic E-state index is -0.649. The number of nitrogens with two attached hydrogens (primary N) is 1. The molecule has 2 atom stereocenters. The van der Waals surface area contributed by atoms with E-state index in [9.17, 15) is 4.39 Å². The Morgan fingerprint density at radius 3 is 2.56 bits per heavy atom. The number of benzene rings is 1. The first-order valence-electron chi connectivity index (χ1n) is 5.07. The van der Waals surface area contributed by atoms with Crippen molar-refractivity contribution in [1.82, 2.24) is 0 Å². The average Bonchev–Trinajstić information content (AvgIpc) is 2.22. The van der Waals surface area contributed by atoms with Crippen molar-refractivity contribution in [3.05, 3.63) is 34.6 Å². The summed E-state index contributed by atoms with van der Waals surface area (Å²) in [7, 11) is 0. The molecule has 1 aromatic rings.